The molecule has 1 aliphatic heterocycles. The number of hydrogen-bond acceptors (Lipinski definition) is 4. The summed E-state index contributed by atoms with van der Waals surface area (Å²) in [6.45, 7) is 0.845. The van der Waals surface area contributed by atoms with Gasteiger partial charge >= 0.3 is 0 Å². The van der Waals surface area contributed by atoms with Crippen molar-refractivity contribution in [3.8, 4) is 0 Å². The van der Waals surface area contributed by atoms with Crippen LogP contribution in [-0.4, -0.2) is 42.0 Å². The fraction of sp³-hybridized carbons (Fsp3) is 0.381. The molecule has 0 bridgehead atoms. The maximum atomic E-state index is 13.8. The summed E-state index contributed by atoms with van der Waals surface area (Å²) in [5.41, 5.74) is 13.0. The summed E-state index contributed by atoms with van der Waals surface area (Å²) in [6.07, 6.45) is 1.03. The molecular weight excluding hydrogens is 362 g/mol. The first kappa shape index (κ1) is 20.2. The van der Waals surface area contributed by atoms with Crippen LogP contribution in [0.4, 0.5) is 14.5 Å². The third-order valence-corrected chi connectivity index (χ3v) is 5.05. The van der Waals surface area contributed by atoms with Crippen LogP contribution in [-0.2, 0) is 11.2 Å². The van der Waals surface area contributed by atoms with Crippen LogP contribution in [0.2, 0.25) is 0 Å². The number of anilines is 1. The zero-order valence-electron chi connectivity index (χ0n) is 15.7. The first-order chi connectivity index (χ1) is 13.4. The van der Waals surface area contributed by atoms with Crippen LogP contribution in [0.15, 0.2) is 48.5 Å². The van der Waals surface area contributed by atoms with Crippen molar-refractivity contribution in [1.82, 2.24) is 4.90 Å². The van der Waals surface area contributed by atoms with Gasteiger partial charge in [0.2, 0.25) is 5.91 Å². The van der Waals surface area contributed by atoms with Crippen LogP contribution in [0.5, 0.6) is 0 Å². The van der Waals surface area contributed by atoms with Crippen LogP contribution in [0.25, 0.3) is 0 Å². The number of rotatable bonds is 7. The molecule has 2 aromatic rings. The number of nitrogens with zero attached hydrogens (tertiary/aromatic N) is 1. The van der Waals surface area contributed by atoms with Crippen LogP contribution in [0.3, 0.4) is 0 Å². The molecule has 3 rings (SSSR count). The van der Waals surface area contributed by atoms with Crippen molar-refractivity contribution in [1.29, 1.82) is 0 Å². The second-order valence-electron chi connectivity index (χ2n) is 7.32. The molecule has 5 N–H and O–H groups in total. The highest BCUT2D eigenvalue weighted by Crippen LogP contribution is 2.21. The predicted octanol–water partition coefficient (Wildman–Crippen LogP) is 2.26. The lowest BCUT2D eigenvalue weighted by atomic mass is 10.0. The molecule has 0 radical (unpaired) electrons. The van der Waals surface area contributed by atoms with E-state index in [-0.39, 0.29) is 42.5 Å². The van der Waals surface area contributed by atoms with Gasteiger partial charge in [0.15, 0.2) is 0 Å². The molecule has 5 nitrogen and oxygen atoms in total. The fourth-order valence-corrected chi connectivity index (χ4v) is 3.64. The minimum atomic E-state index is -0.485. The number of carbonyl (C=O) groups excluding carboxylic acids is 1. The highest BCUT2D eigenvalue weighted by Gasteiger charge is 2.33. The fourth-order valence-electron chi connectivity index (χ4n) is 3.64. The van der Waals surface area contributed by atoms with E-state index < -0.39 is 6.04 Å². The molecule has 0 saturated carbocycles. The summed E-state index contributed by atoms with van der Waals surface area (Å²) >= 11 is 0. The highest BCUT2D eigenvalue weighted by atomic mass is 19.1. The van der Waals surface area contributed by atoms with Crippen molar-refractivity contribution >= 4 is 11.6 Å². The maximum absolute atomic E-state index is 13.8. The van der Waals surface area contributed by atoms with Gasteiger partial charge in [0, 0.05) is 31.6 Å². The number of carbonyl (C=O) groups is 1. The van der Waals surface area contributed by atoms with Crippen molar-refractivity contribution in [3.63, 3.8) is 0 Å². The van der Waals surface area contributed by atoms with Gasteiger partial charge in [-0.15, -0.1) is 0 Å². The van der Waals surface area contributed by atoms with Gasteiger partial charge in [-0.25, -0.2) is 8.78 Å². The van der Waals surface area contributed by atoms with Gasteiger partial charge in [0.1, 0.15) is 11.6 Å². The van der Waals surface area contributed by atoms with E-state index in [1.54, 1.807) is 41.3 Å². The molecule has 1 aliphatic rings. The van der Waals surface area contributed by atoms with Crippen LogP contribution in [0.1, 0.15) is 18.4 Å². The van der Waals surface area contributed by atoms with E-state index in [1.165, 1.54) is 12.1 Å². The van der Waals surface area contributed by atoms with Gasteiger partial charge in [-0.3, -0.25) is 4.79 Å². The summed E-state index contributed by atoms with van der Waals surface area (Å²) < 4.78 is 27.6. The zero-order valence-corrected chi connectivity index (χ0v) is 15.7. The standard InChI is InChI=1S/C21H26F2N4O/c22-18-6-2-1-5-14(18)9-15(24)11-21(28)27-13-16(25)10-17(27)12-26-20-8-4-3-7-19(20)23/h1-8,15-17,26H,9-13,24-25H2/t15-,16-,17+/m1/s1. The topological polar surface area (TPSA) is 84.4 Å². The Morgan fingerprint density at radius 1 is 1.14 bits per heavy atom. The first-order valence-electron chi connectivity index (χ1n) is 9.46. The Hall–Kier alpha value is -2.51. The van der Waals surface area contributed by atoms with Crippen molar-refractivity contribution in [3.05, 3.63) is 65.7 Å². The van der Waals surface area contributed by atoms with Gasteiger partial charge in [0.25, 0.3) is 0 Å². The lowest BCUT2D eigenvalue weighted by molar-refractivity contribution is -0.132. The number of hydrogen-bond donors (Lipinski definition) is 3. The molecule has 7 heteroatoms. The molecule has 0 spiro atoms. The Bertz CT molecular complexity index is 816. The second-order valence-corrected chi connectivity index (χ2v) is 7.32. The predicted molar refractivity (Wildman–Crippen MR) is 106 cm³/mol. The zero-order chi connectivity index (χ0) is 20.1. The number of likely N-dealkylation sites (tertiary alicyclic amines) is 1. The average Bonchev–Trinajstić information content (AvgIpc) is 3.04. The summed E-state index contributed by atoms with van der Waals surface area (Å²) in [6, 6.07) is 12.1. The minimum absolute atomic E-state index is 0.108. The van der Waals surface area contributed by atoms with Crippen LogP contribution >= 0.6 is 0 Å². The van der Waals surface area contributed by atoms with Crippen LogP contribution < -0.4 is 16.8 Å². The monoisotopic (exact) mass is 388 g/mol. The lowest BCUT2D eigenvalue weighted by Crippen LogP contribution is -2.42. The van der Waals surface area contributed by atoms with Crippen molar-refractivity contribution in [2.24, 2.45) is 11.5 Å². The largest absolute Gasteiger partial charge is 0.381 e. The molecule has 1 amide bonds. The number of benzene rings is 2. The minimum Gasteiger partial charge on any atom is -0.381 e. The Labute approximate surface area is 163 Å². The molecule has 1 heterocycles. The Kier molecular flexibility index (Phi) is 6.59. The van der Waals surface area contributed by atoms with Gasteiger partial charge in [-0.2, -0.15) is 0 Å². The molecule has 0 aliphatic carbocycles. The average molecular weight is 388 g/mol. The van der Waals surface area contributed by atoms with Crippen molar-refractivity contribution in [2.75, 3.05) is 18.4 Å². The lowest BCUT2D eigenvalue weighted by Gasteiger charge is -2.26. The van der Waals surface area contributed by atoms with Gasteiger partial charge in [-0.1, -0.05) is 30.3 Å². The summed E-state index contributed by atoms with van der Waals surface area (Å²) in [5, 5.41) is 3.06. The molecule has 2 aromatic carbocycles. The Balaban J connectivity index is 1.58. The van der Waals surface area contributed by atoms with E-state index in [0.717, 1.165) is 0 Å². The number of amides is 1. The van der Waals surface area contributed by atoms with Gasteiger partial charge < -0.3 is 21.7 Å². The number of nitrogens with one attached hydrogen (secondary N) is 1. The normalized spacial score (nSPS) is 20.2. The smallest absolute Gasteiger partial charge is 0.224 e. The number of nitrogens with two attached hydrogens (primary N) is 2. The maximum Gasteiger partial charge on any atom is 0.224 e. The molecule has 0 unspecified atom stereocenters. The van der Waals surface area contributed by atoms with E-state index in [1.807, 2.05) is 0 Å². The molecule has 1 fully saturated rings. The summed E-state index contributed by atoms with van der Waals surface area (Å²) in [5.74, 6) is -0.771. The van der Waals surface area contributed by atoms with Gasteiger partial charge in [0.05, 0.1) is 11.7 Å². The van der Waals surface area contributed by atoms with Crippen molar-refractivity contribution in [2.45, 2.75) is 37.4 Å². The molecule has 0 aromatic heterocycles. The third kappa shape index (κ3) is 5.05. The molecular formula is C21H26F2N4O. The highest BCUT2D eigenvalue weighted by molar-refractivity contribution is 5.77. The van der Waals surface area contributed by atoms with E-state index >= 15 is 0 Å². The molecule has 150 valence electrons. The van der Waals surface area contributed by atoms with E-state index in [9.17, 15) is 13.6 Å². The Morgan fingerprint density at radius 3 is 2.54 bits per heavy atom. The molecule has 3 atom stereocenters. The van der Waals surface area contributed by atoms with E-state index in [0.29, 0.717) is 30.8 Å². The first-order valence-corrected chi connectivity index (χ1v) is 9.46. The summed E-state index contributed by atoms with van der Waals surface area (Å²) in [7, 11) is 0. The Morgan fingerprint density at radius 2 is 1.82 bits per heavy atom. The second kappa shape index (κ2) is 9.12. The van der Waals surface area contributed by atoms with Crippen molar-refractivity contribution < 1.29 is 13.6 Å². The van der Waals surface area contributed by atoms with E-state index in [4.69, 9.17) is 11.5 Å². The molecule has 1 saturated heterocycles. The SMILES string of the molecule is N[C@@H]1C[C@@H](CNc2ccccc2F)N(C(=O)C[C@H](N)Cc2ccccc2F)C1. The quantitative estimate of drug-likeness (QED) is 0.679. The molecule has 28 heavy (non-hydrogen) atoms. The number of para-hydroxylation sites is 1. The van der Waals surface area contributed by atoms with E-state index in [2.05, 4.69) is 5.32 Å². The summed E-state index contributed by atoms with van der Waals surface area (Å²) in [4.78, 5) is 14.5. The third-order valence-electron chi connectivity index (χ3n) is 5.05. The number of halogens is 2. The van der Waals surface area contributed by atoms with Gasteiger partial charge in [-0.05, 0) is 36.6 Å². The van der Waals surface area contributed by atoms with Crippen LogP contribution in [0, 0.1) is 11.6 Å².